The number of nitrogens with one attached hydrogen (secondary N) is 1. The first-order chi connectivity index (χ1) is 2.41. The van der Waals surface area contributed by atoms with E-state index in [2.05, 4.69) is 11.7 Å². The van der Waals surface area contributed by atoms with Crippen molar-refractivity contribution in [1.82, 2.24) is 5.23 Å². The van der Waals surface area contributed by atoms with E-state index in [-0.39, 0.29) is 0 Å². The standard InChI is InChI=1S/C3H8BN/c1-3-5-4-2/h5H,2-3H2,1H3. The Morgan fingerprint density at radius 1 is 2.00 bits per heavy atom. The van der Waals surface area contributed by atoms with Crippen LogP contribution in [0.15, 0.2) is 0 Å². The molecule has 5 heavy (non-hydrogen) atoms. The van der Waals surface area contributed by atoms with Crippen LogP contribution < -0.4 is 5.23 Å². The van der Waals surface area contributed by atoms with Crippen LogP contribution in [0, 0.1) is 0 Å². The summed E-state index contributed by atoms with van der Waals surface area (Å²) in [5, 5.41) is 2.88. The predicted molar refractivity (Wildman–Crippen MR) is 26.6 cm³/mol. The van der Waals surface area contributed by atoms with Gasteiger partial charge in [-0.25, -0.2) is 0 Å². The van der Waals surface area contributed by atoms with E-state index in [4.69, 9.17) is 0 Å². The first kappa shape index (κ1) is 4.73. The molecular weight excluding hydrogens is 60.9 g/mol. The van der Waals surface area contributed by atoms with Gasteiger partial charge in [-0.05, 0) is 0 Å². The van der Waals surface area contributed by atoms with E-state index in [0.29, 0.717) is 0 Å². The fraction of sp³-hybridized carbons (Fsp3) is 0.667. The SMILES string of the molecule is C=BNCC. The molecule has 0 rings (SSSR count). The summed E-state index contributed by atoms with van der Waals surface area (Å²) in [5.74, 6) is 0. The second-order valence-electron chi connectivity index (χ2n) is 0.762. The molecule has 0 aliphatic rings. The molecular formula is C3H8BN. The van der Waals surface area contributed by atoms with E-state index in [9.17, 15) is 0 Å². The maximum absolute atomic E-state index is 3.44. The molecule has 1 nitrogen and oxygen atoms in total. The molecule has 0 saturated heterocycles. The van der Waals surface area contributed by atoms with Gasteiger partial charge in [-0.2, -0.15) is 0 Å². The van der Waals surface area contributed by atoms with Crippen LogP contribution in [0.2, 0.25) is 0 Å². The quantitative estimate of drug-likeness (QED) is 0.437. The molecule has 0 spiro atoms. The van der Waals surface area contributed by atoms with Gasteiger partial charge in [0.25, 0.3) is 0 Å². The molecule has 0 radical (unpaired) electrons. The molecule has 0 aliphatic heterocycles. The molecule has 0 saturated carbocycles. The zero-order valence-electron chi connectivity index (χ0n) is 3.49. The zero-order valence-corrected chi connectivity index (χ0v) is 3.49. The van der Waals surface area contributed by atoms with E-state index in [0.717, 1.165) is 6.54 Å². The summed E-state index contributed by atoms with van der Waals surface area (Å²) in [6.45, 7) is 6.44. The third-order valence-electron chi connectivity index (χ3n) is 0.348. The van der Waals surface area contributed by atoms with Gasteiger partial charge in [-0.3, -0.25) is 0 Å². The van der Waals surface area contributed by atoms with Crippen molar-refractivity contribution in [2.75, 3.05) is 6.54 Å². The minimum atomic E-state index is 0.976. The van der Waals surface area contributed by atoms with Gasteiger partial charge in [0.1, 0.15) is 0 Å². The van der Waals surface area contributed by atoms with Crippen LogP contribution in [-0.4, -0.2) is 20.1 Å². The van der Waals surface area contributed by atoms with Gasteiger partial charge in [0.2, 0.25) is 0 Å². The van der Waals surface area contributed by atoms with E-state index in [1.165, 1.54) is 0 Å². The normalized spacial score (nSPS) is 5.80. The average Bonchev–Trinajstić information content (AvgIpc) is 1.41. The van der Waals surface area contributed by atoms with Crippen LogP contribution in [0.1, 0.15) is 6.92 Å². The van der Waals surface area contributed by atoms with Crippen LogP contribution in [0.3, 0.4) is 0 Å². The maximum atomic E-state index is 3.44. The Balaban J connectivity index is 2.40. The number of hydrogen-bond acceptors (Lipinski definition) is 1. The first-order valence-electron chi connectivity index (χ1n) is 1.76. The van der Waals surface area contributed by atoms with Gasteiger partial charge in [-0.15, -0.1) is 0 Å². The van der Waals surface area contributed by atoms with Crippen LogP contribution in [0.4, 0.5) is 0 Å². The minimum absolute atomic E-state index is 0.976. The second kappa shape index (κ2) is 3.73. The van der Waals surface area contributed by atoms with Crippen molar-refractivity contribution in [3.63, 3.8) is 0 Å². The van der Waals surface area contributed by atoms with Crippen molar-refractivity contribution in [1.29, 1.82) is 0 Å². The van der Waals surface area contributed by atoms with E-state index >= 15 is 0 Å². The molecule has 0 aromatic carbocycles. The Bertz CT molecular complexity index is 28.1. The number of hydrogen-bond donors (Lipinski definition) is 1. The van der Waals surface area contributed by atoms with Crippen LogP contribution in [-0.2, 0) is 0 Å². The summed E-state index contributed by atoms with van der Waals surface area (Å²) in [5.41, 5.74) is 0. The fourth-order valence-corrected chi connectivity index (χ4v) is 0.144. The van der Waals surface area contributed by atoms with E-state index in [1.54, 1.807) is 7.06 Å². The van der Waals surface area contributed by atoms with Crippen LogP contribution in [0.25, 0.3) is 0 Å². The van der Waals surface area contributed by atoms with Crippen molar-refractivity contribution < 1.29 is 0 Å². The molecule has 0 aliphatic carbocycles. The summed E-state index contributed by atoms with van der Waals surface area (Å²) in [4.78, 5) is 0. The van der Waals surface area contributed by atoms with Gasteiger partial charge in [0.15, 0.2) is 0 Å². The average molecular weight is 68.9 g/mol. The Morgan fingerprint density at radius 3 is 2.60 bits per heavy atom. The molecule has 0 unspecified atom stereocenters. The summed E-state index contributed by atoms with van der Waals surface area (Å²) in [6, 6.07) is 0. The molecule has 0 amide bonds. The van der Waals surface area contributed by atoms with Gasteiger partial charge >= 0.3 is 32.2 Å². The molecule has 0 aromatic heterocycles. The fourth-order valence-electron chi connectivity index (χ4n) is 0.144. The third-order valence-corrected chi connectivity index (χ3v) is 0.348. The van der Waals surface area contributed by atoms with Crippen molar-refractivity contribution in [3.05, 3.63) is 0 Å². The third kappa shape index (κ3) is 3.73. The molecule has 28 valence electrons. The zero-order chi connectivity index (χ0) is 4.12. The summed E-state index contributed by atoms with van der Waals surface area (Å²) >= 11 is 0. The Kier molecular flexibility index (Phi) is 3.54. The van der Waals surface area contributed by atoms with E-state index in [1.807, 2.05) is 6.92 Å². The van der Waals surface area contributed by atoms with Crippen molar-refractivity contribution in [2.45, 2.75) is 6.92 Å². The summed E-state index contributed by atoms with van der Waals surface area (Å²) in [6.07, 6.45) is 0. The summed E-state index contributed by atoms with van der Waals surface area (Å²) in [7, 11) is 1.68. The first-order valence-corrected chi connectivity index (χ1v) is 1.76. The van der Waals surface area contributed by atoms with Crippen molar-refractivity contribution in [3.8, 4) is 0 Å². The van der Waals surface area contributed by atoms with E-state index < -0.39 is 0 Å². The van der Waals surface area contributed by atoms with Gasteiger partial charge in [-0.1, -0.05) is 0 Å². The predicted octanol–water partition coefficient (Wildman–Crippen LogP) is -0.353. The van der Waals surface area contributed by atoms with Crippen LogP contribution in [0.5, 0.6) is 0 Å². The Morgan fingerprint density at radius 2 is 2.60 bits per heavy atom. The van der Waals surface area contributed by atoms with Gasteiger partial charge < -0.3 is 0 Å². The van der Waals surface area contributed by atoms with Gasteiger partial charge in [0, 0.05) is 0 Å². The Labute approximate surface area is 33.3 Å². The Hall–Kier alpha value is -0.265. The molecule has 2 heteroatoms. The van der Waals surface area contributed by atoms with Crippen LogP contribution >= 0.6 is 0 Å². The summed E-state index contributed by atoms with van der Waals surface area (Å²) < 4.78 is 0. The second-order valence-corrected chi connectivity index (χ2v) is 0.762. The monoisotopic (exact) mass is 69.1 g/mol. The van der Waals surface area contributed by atoms with Crippen molar-refractivity contribution in [2.24, 2.45) is 0 Å². The number of rotatable bonds is 2. The molecule has 0 bridgehead atoms. The molecule has 0 atom stereocenters. The molecule has 0 heterocycles. The molecule has 1 N–H and O–H groups in total. The molecule has 0 aromatic rings. The van der Waals surface area contributed by atoms with Gasteiger partial charge in [0.05, 0.1) is 0 Å². The van der Waals surface area contributed by atoms with Crippen molar-refractivity contribution >= 4 is 13.5 Å². The topological polar surface area (TPSA) is 12.0 Å². The molecule has 0 fully saturated rings.